The molecule has 142 valence electrons. The molecule has 0 N–H and O–H groups in total. The molecular weight excluding hydrogens is 463 g/mol. The van der Waals surface area contributed by atoms with Gasteiger partial charge in [-0.2, -0.15) is 5.10 Å². The van der Waals surface area contributed by atoms with Gasteiger partial charge in [-0.25, -0.2) is 4.68 Å². The van der Waals surface area contributed by atoms with Gasteiger partial charge >= 0.3 is 0 Å². The van der Waals surface area contributed by atoms with E-state index in [4.69, 9.17) is 5.10 Å². The van der Waals surface area contributed by atoms with Gasteiger partial charge in [-0.3, -0.25) is 9.78 Å². The van der Waals surface area contributed by atoms with E-state index in [-0.39, 0.29) is 11.7 Å². The summed E-state index contributed by atoms with van der Waals surface area (Å²) in [7, 11) is 2.11. The zero-order valence-electron chi connectivity index (χ0n) is 15.7. The fourth-order valence-electron chi connectivity index (χ4n) is 4.55. The van der Waals surface area contributed by atoms with E-state index >= 15 is 0 Å². The third kappa shape index (κ3) is 2.99. The Balaban J connectivity index is 1.70. The number of aromatic nitrogens is 3. The quantitative estimate of drug-likeness (QED) is 0.519. The van der Waals surface area contributed by atoms with Gasteiger partial charge in [0.2, 0.25) is 0 Å². The van der Waals surface area contributed by atoms with Crippen LogP contribution < -0.4 is 0 Å². The maximum absolute atomic E-state index is 13.6. The van der Waals surface area contributed by atoms with Gasteiger partial charge < -0.3 is 4.90 Å². The zero-order valence-corrected chi connectivity index (χ0v) is 17.8. The summed E-state index contributed by atoms with van der Waals surface area (Å²) in [6, 6.07) is 12.2. The summed E-state index contributed by atoms with van der Waals surface area (Å²) in [6.07, 6.45) is 5.49. The molecule has 28 heavy (non-hydrogen) atoms. The van der Waals surface area contributed by atoms with Crippen molar-refractivity contribution in [2.75, 3.05) is 20.1 Å². The van der Waals surface area contributed by atoms with Gasteiger partial charge in [0, 0.05) is 34.0 Å². The number of hydrogen-bond donors (Lipinski definition) is 0. The van der Waals surface area contributed by atoms with E-state index in [1.54, 1.807) is 12.4 Å². The van der Waals surface area contributed by atoms with E-state index in [2.05, 4.69) is 63.8 Å². The monoisotopic (exact) mass is 484 g/mol. The van der Waals surface area contributed by atoms with Gasteiger partial charge in [0.15, 0.2) is 5.78 Å². The molecule has 0 radical (unpaired) electrons. The van der Waals surface area contributed by atoms with Crippen molar-refractivity contribution in [1.82, 2.24) is 19.7 Å². The van der Waals surface area contributed by atoms with E-state index in [1.807, 2.05) is 16.8 Å². The van der Waals surface area contributed by atoms with Crippen LogP contribution >= 0.6 is 22.6 Å². The minimum absolute atomic E-state index is 0.0706. The highest BCUT2D eigenvalue weighted by Crippen LogP contribution is 2.40. The second-order valence-electron chi connectivity index (χ2n) is 7.78. The lowest BCUT2D eigenvalue weighted by molar-refractivity contribution is 0.0705. The Labute approximate surface area is 177 Å². The van der Waals surface area contributed by atoms with Gasteiger partial charge in [0.05, 0.1) is 16.9 Å². The number of likely N-dealkylation sites (tertiary alicyclic amines) is 1. The molecule has 2 atom stereocenters. The molecule has 2 unspecified atom stereocenters. The Bertz CT molecular complexity index is 1030. The smallest absolute Gasteiger partial charge is 0.171 e. The Kier molecular flexibility index (Phi) is 4.55. The molecule has 0 bridgehead atoms. The first-order chi connectivity index (χ1) is 13.6. The summed E-state index contributed by atoms with van der Waals surface area (Å²) in [6.45, 7) is 1.89. The number of nitrogens with zero attached hydrogens (tertiary/aromatic N) is 4. The number of halogens is 1. The number of piperidine rings is 1. The lowest BCUT2D eigenvalue weighted by atomic mass is 9.72. The molecular formula is C22H21IN4O. The molecule has 0 amide bonds. The number of carbonyl (C=O) groups is 1. The second kappa shape index (κ2) is 7.08. The van der Waals surface area contributed by atoms with Crippen LogP contribution in [0.2, 0.25) is 0 Å². The van der Waals surface area contributed by atoms with Crippen molar-refractivity contribution in [2.45, 2.75) is 12.8 Å². The SMILES string of the molecule is CN1CCC2Cc3c(c(-c4ccncc4)nn3-c3ccc(I)cc3)C(=O)C2C1. The lowest BCUT2D eigenvalue weighted by Crippen LogP contribution is -2.45. The molecule has 1 saturated heterocycles. The van der Waals surface area contributed by atoms with Crippen molar-refractivity contribution in [3.8, 4) is 16.9 Å². The average Bonchev–Trinajstić information content (AvgIpc) is 3.10. The first-order valence-corrected chi connectivity index (χ1v) is 10.7. The fourth-order valence-corrected chi connectivity index (χ4v) is 4.91. The molecule has 3 aromatic rings. The third-order valence-corrected chi connectivity index (χ3v) is 6.72. The van der Waals surface area contributed by atoms with Crippen LogP contribution in [-0.2, 0) is 6.42 Å². The van der Waals surface area contributed by atoms with E-state index < -0.39 is 0 Å². The normalized spacial score (nSPS) is 22.0. The third-order valence-electron chi connectivity index (χ3n) is 6.00. The van der Waals surface area contributed by atoms with Crippen LogP contribution in [0, 0.1) is 15.4 Å². The predicted molar refractivity (Wildman–Crippen MR) is 117 cm³/mol. The highest BCUT2D eigenvalue weighted by Gasteiger charge is 2.42. The summed E-state index contributed by atoms with van der Waals surface area (Å²) < 4.78 is 3.18. The molecule has 3 heterocycles. The molecule has 0 saturated carbocycles. The molecule has 5 rings (SSSR count). The first kappa shape index (κ1) is 18.0. The average molecular weight is 484 g/mol. The van der Waals surface area contributed by atoms with Gasteiger partial charge in [0.25, 0.3) is 0 Å². The summed E-state index contributed by atoms with van der Waals surface area (Å²) in [5.41, 5.74) is 4.61. The van der Waals surface area contributed by atoms with Crippen LogP contribution in [0.5, 0.6) is 0 Å². The number of fused-ring (bicyclic) bond motifs is 2. The minimum atomic E-state index is 0.0706. The number of benzene rings is 1. The van der Waals surface area contributed by atoms with Gasteiger partial charge in [-0.15, -0.1) is 0 Å². The number of rotatable bonds is 2. The van der Waals surface area contributed by atoms with Crippen molar-refractivity contribution in [3.63, 3.8) is 0 Å². The minimum Gasteiger partial charge on any atom is -0.306 e. The Morgan fingerprint density at radius 2 is 1.86 bits per heavy atom. The number of Topliss-reactive ketones (excluding diaryl/α,β-unsaturated/α-hetero) is 1. The summed E-state index contributed by atoms with van der Waals surface area (Å²) >= 11 is 2.31. The van der Waals surface area contributed by atoms with Crippen LogP contribution in [0.25, 0.3) is 16.9 Å². The topological polar surface area (TPSA) is 51.0 Å². The van der Waals surface area contributed by atoms with E-state index in [0.717, 1.165) is 54.1 Å². The molecule has 0 spiro atoms. The molecule has 6 heteroatoms. The summed E-state index contributed by atoms with van der Waals surface area (Å²) in [4.78, 5) is 20.0. The van der Waals surface area contributed by atoms with Crippen LogP contribution in [0.15, 0.2) is 48.8 Å². The Morgan fingerprint density at radius 1 is 1.11 bits per heavy atom. The molecule has 5 nitrogen and oxygen atoms in total. The van der Waals surface area contributed by atoms with Gasteiger partial charge in [-0.1, -0.05) is 0 Å². The van der Waals surface area contributed by atoms with Crippen molar-refractivity contribution in [2.24, 2.45) is 11.8 Å². The molecule has 1 fully saturated rings. The van der Waals surface area contributed by atoms with Gasteiger partial charge in [0.1, 0.15) is 5.69 Å². The molecule has 2 aliphatic rings. The van der Waals surface area contributed by atoms with Gasteiger partial charge in [-0.05, 0) is 91.3 Å². The Morgan fingerprint density at radius 3 is 2.61 bits per heavy atom. The highest BCUT2D eigenvalue weighted by molar-refractivity contribution is 14.1. The fraction of sp³-hybridized carbons (Fsp3) is 0.318. The van der Waals surface area contributed by atoms with Crippen LogP contribution in [-0.4, -0.2) is 45.6 Å². The van der Waals surface area contributed by atoms with Crippen molar-refractivity contribution in [1.29, 1.82) is 0 Å². The van der Waals surface area contributed by atoms with Crippen molar-refractivity contribution >= 4 is 28.4 Å². The van der Waals surface area contributed by atoms with E-state index in [0.29, 0.717) is 5.92 Å². The molecule has 1 aromatic carbocycles. The highest BCUT2D eigenvalue weighted by atomic mass is 127. The van der Waals surface area contributed by atoms with Crippen molar-refractivity contribution < 1.29 is 4.79 Å². The maximum atomic E-state index is 13.6. The second-order valence-corrected chi connectivity index (χ2v) is 9.03. The molecule has 2 aromatic heterocycles. The van der Waals surface area contributed by atoms with Crippen LogP contribution in [0.3, 0.4) is 0 Å². The molecule has 1 aliphatic heterocycles. The number of hydrogen-bond acceptors (Lipinski definition) is 4. The number of ketones is 1. The van der Waals surface area contributed by atoms with E-state index in [1.165, 1.54) is 3.57 Å². The first-order valence-electron chi connectivity index (χ1n) is 9.63. The largest absolute Gasteiger partial charge is 0.306 e. The Hall–Kier alpha value is -2.06. The lowest BCUT2D eigenvalue weighted by Gasteiger charge is -2.38. The zero-order chi connectivity index (χ0) is 19.3. The maximum Gasteiger partial charge on any atom is 0.171 e. The van der Waals surface area contributed by atoms with Crippen LogP contribution in [0.1, 0.15) is 22.5 Å². The summed E-state index contributed by atoms with van der Waals surface area (Å²) in [5, 5.41) is 4.94. The number of carbonyl (C=O) groups excluding carboxylic acids is 1. The summed E-state index contributed by atoms with van der Waals surface area (Å²) in [5.74, 6) is 0.725. The van der Waals surface area contributed by atoms with E-state index in [9.17, 15) is 4.79 Å². The van der Waals surface area contributed by atoms with Crippen molar-refractivity contribution in [3.05, 3.63) is 63.6 Å². The standard InChI is InChI=1S/C22H21IN4O/c1-26-11-8-15-12-19-20(22(28)18(15)13-26)21(14-6-9-24-10-7-14)25-27(19)17-4-2-16(23)3-5-17/h2-7,9-10,15,18H,8,11-13H2,1H3. The number of pyridine rings is 1. The molecule has 1 aliphatic carbocycles. The predicted octanol–water partition coefficient (Wildman–Crippen LogP) is 3.85. The van der Waals surface area contributed by atoms with Crippen LogP contribution in [0.4, 0.5) is 0 Å².